The lowest BCUT2D eigenvalue weighted by Gasteiger charge is -2.35. The Kier molecular flexibility index (Phi) is 9.34. The van der Waals surface area contributed by atoms with Crippen molar-refractivity contribution in [3.8, 4) is 0 Å². The third kappa shape index (κ3) is 9.46. The number of amides is 2. The van der Waals surface area contributed by atoms with Crippen LogP contribution in [0, 0.1) is 0 Å². The maximum atomic E-state index is 11.6. The summed E-state index contributed by atoms with van der Waals surface area (Å²) in [6.45, 7) is 12.7. The number of aliphatic hydroxyl groups is 2. The number of nitrogens with two attached hydrogens (primary N) is 2. The van der Waals surface area contributed by atoms with Gasteiger partial charge in [-0.2, -0.15) is 0 Å². The Balaban J connectivity index is 0.000000300. The van der Waals surface area contributed by atoms with Gasteiger partial charge in [0.1, 0.15) is 11.2 Å². The second-order valence-electron chi connectivity index (χ2n) is 9.89. The number of hydrogen-bond acceptors (Lipinski definition) is 8. The van der Waals surface area contributed by atoms with Crippen LogP contribution < -0.4 is 11.5 Å². The molecule has 2 aliphatic heterocycles. The van der Waals surface area contributed by atoms with E-state index in [9.17, 15) is 19.8 Å². The van der Waals surface area contributed by atoms with E-state index in [2.05, 4.69) is 0 Å². The third-order valence-electron chi connectivity index (χ3n) is 4.54. The van der Waals surface area contributed by atoms with Crippen molar-refractivity contribution < 1.29 is 29.3 Å². The second-order valence-corrected chi connectivity index (χ2v) is 9.89. The van der Waals surface area contributed by atoms with Crippen molar-refractivity contribution in [1.29, 1.82) is 0 Å². The molecular formula is C20H40N4O6. The zero-order valence-corrected chi connectivity index (χ0v) is 19.1. The molecule has 4 atom stereocenters. The predicted octanol–water partition coefficient (Wildman–Crippen LogP) is 0.631. The van der Waals surface area contributed by atoms with Gasteiger partial charge in [-0.15, -0.1) is 0 Å². The molecule has 6 N–H and O–H groups in total. The van der Waals surface area contributed by atoms with E-state index < -0.39 is 23.4 Å². The minimum atomic E-state index is -0.510. The van der Waals surface area contributed by atoms with E-state index in [0.29, 0.717) is 39.0 Å². The molecule has 0 bridgehead atoms. The van der Waals surface area contributed by atoms with E-state index in [4.69, 9.17) is 20.9 Å². The highest BCUT2D eigenvalue weighted by Gasteiger charge is 2.31. The number of carbonyl (C=O) groups is 2. The lowest BCUT2D eigenvalue weighted by atomic mass is 10.0. The number of aliphatic hydroxyl groups excluding tert-OH is 2. The summed E-state index contributed by atoms with van der Waals surface area (Å²) >= 11 is 0. The molecule has 176 valence electrons. The summed E-state index contributed by atoms with van der Waals surface area (Å²) in [5.74, 6) is 0. The second kappa shape index (κ2) is 10.6. The highest BCUT2D eigenvalue weighted by atomic mass is 16.6. The van der Waals surface area contributed by atoms with Crippen LogP contribution in [-0.2, 0) is 9.47 Å². The van der Waals surface area contributed by atoms with Crippen LogP contribution in [-0.4, -0.2) is 93.9 Å². The van der Waals surface area contributed by atoms with Crippen molar-refractivity contribution in [1.82, 2.24) is 9.80 Å². The minimum absolute atomic E-state index is 0.357. The monoisotopic (exact) mass is 432 g/mol. The van der Waals surface area contributed by atoms with Gasteiger partial charge in [-0.05, 0) is 54.4 Å². The Morgan fingerprint density at radius 3 is 1.30 bits per heavy atom. The highest BCUT2D eigenvalue weighted by Crippen LogP contribution is 2.16. The van der Waals surface area contributed by atoms with Gasteiger partial charge < -0.3 is 41.0 Å². The first-order valence-electron chi connectivity index (χ1n) is 10.4. The molecule has 0 unspecified atom stereocenters. The van der Waals surface area contributed by atoms with Gasteiger partial charge in [0.25, 0.3) is 0 Å². The molecule has 2 amide bonds. The quantitative estimate of drug-likeness (QED) is 0.435. The molecule has 2 fully saturated rings. The normalized spacial score (nSPS) is 27.7. The SMILES string of the molecule is CC(C)(C)OC(=O)N1CC[C@@H](O)[C@@H](N)C1.CC(C)(C)OC(=O)N1CC[C@H](O)[C@H](N)C1. The van der Waals surface area contributed by atoms with Crippen LogP contribution >= 0.6 is 0 Å². The van der Waals surface area contributed by atoms with Crippen molar-refractivity contribution in [3.05, 3.63) is 0 Å². The van der Waals surface area contributed by atoms with Crippen LogP contribution in [0.4, 0.5) is 9.59 Å². The van der Waals surface area contributed by atoms with Crippen LogP contribution in [0.25, 0.3) is 0 Å². The van der Waals surface area contributed by atoms with E-state index in [-0.39, 0.29) is 24.3 Å². The van der Waals surface area contributed by atoms with E-state index in [0.717, 1.165) is 0 Å². The predicted molar refractivity (Wildman–Crippen MR) is 113 cm³/mol. The van der Waals surface area contributed by atoms with Crippen LogP contribution in [0.15, 0.2) is 0 Å². The fourth-order valence-corrected chi connectivity index (χ4v) is 2.92. The summed E-state index contributed by atoms with van der Waals surface area (Å²) in [6, 6.07) is -0.738. The third-order valence-corrected chi connectivity index (χ3v) is 4.54. The molecular weight excluding hydrogens is 392 g/mol. The molecule has 0 aromatic carbocycles. The zero-order chi connectivity index (χ0) is 23.3. The zero-order valence-electron chi connectivity index (χ0n) is 19.1. The van der Waals surface area contributed by atoms with E-state index in [1.165, 1.54) is 0 Å². The topological polar surface area (TPSA) is 152 Å². The summed E-state index contributed by atoms with van der Waals surface area (Å²) in [4.78, 5) is 26.4. The first-order chi connectivity index (χ1) is 13.6. The number of ether oxygens (including phenoxy) is 2. The summed E-state index contributed by atoms with van der Waals surface area (Å²) in [5.41, 5.74) is 10.4. The Labute approximate surface area is 179 Å². The van der Waals surface area contributed by atoms with Crippen LogP contribution in [0.2, 0.25) is 0 Å². The van der Waals surface area contributed by atoms with Crippen molar-refractivity contribution in [3.63, 3.8) is 0 Å². The molecule has 2 saturated heterocycles. The largest absolute Gasteiger partial charge is 0.444 e. The van der Waals surface area contributed by atoms with Crippen molar-refractivity contribution in [2.45, 2.75) is 89.9 Å². The molecule has 2 rings (SSSR count). The van der Waals surface area contributed by atoms with Gasteiger partial charge >= 0.3 is 12.2 Å². The van der Waals surface area contributed by atoms with Crippen molar-refractivity contribution >= 4 is 12.2 Å². The lowest BCUT2D eigenvalue weighted by Crippen LogP contribution is -2.53. The van der Waals surface area contributed by atoms with Gasteiger partial charge in [0, 0.05) is 38.3 Å². The minimum Gasteiger partial charge on any atom is -0.444 e. The number of nitrogens with zero attached hydrogens (tertiary/aromatic N) is 2. The summed E-state index contributed by atoms with van der Waals surface area (Å²) in [7, 11) is 0. The van der Waals surface area contributed by atoms with Crippen LogP contribution in [0.5, 0.6) is 0 Å². The lowest BCUT2D eigenvalue weighted by molar-refractivity contribution is 0.00381. The first kappa shape index (κ1) is 26.4. The molecule has 0 aliphatic carbocycles. The average molecular weight is 433 g/mol. The van der Waals surface area contributed by atoms with Gasteiger partial charge in [0.15, 0.2) is 0 Å². The van der Waals surface area contributed by atoms with E-state index in [1.54, 1.807) is 9.80 Å². The van der Waals surface area contributed by atoms with Crippen LogP contribution in [0.1, 0.15) is 54.4 Å². The summed E-state index contributed by atoms with van der Waals surface area (Å²) in [6.07, 6.45) is -0.706. The van der Waals surface area contributed by atoms with Crippen molar-refractivity contribution in [2.75, 3.05) is 26.2 Å². The van der Waals surface area contributed by atoms with Gasteiger partial charge in [0.05, 0.1) is 12.2 Å². The number of likely N-dealkylation sites (tertiary alicyclic amines) is 2. The van der Waals surface area contributed by atoms with Crippen molar-refractivity contribution in [2.24, 2.45) is 11.5 Å². The fraction of sp³-hybridized carbons (Fsp3) is 0.900. The molecule has 10 heteroatoms. The molecule has 2 aliphatic rings. The molecule has 30 heavy (non-hydrogen) atoms. The summed E-state index contributed by atoms with van der Waals surface area (Å²) in [5, 5.41) is 18.8. The van der Waals surface area contributed by atoms with E-state index >= 15 is 0 Å². The Bertz CT molecular complexity index is 525. The number of carbonyl (C=O) groups excluding carboxylic acids is 2. The summed E-state index contributed by atoms with van der Waals surface area (Å²) < 4.78 is 10.4. The molecule has 0 saturated carbocycles. The van der Waals surface area contributed by atoms with Gasteiger partial charge in [0.2, 0.25) is 0 Å². The standard InChI is InChI=1S/2C10H20N2O3/c2*1-10(2,3)15-9(14)12-5-4-8(13)7(11)6-12/h2*7-8,13H,4-6,11H2,1-3H3/t2*7-,8+/m10/s1. The maximum Gasteiger partial charge on any atom is 0.410 e. The number of rotatable bonds is 0. The average Bonchev–Trinajstić information content (AvgIpc) is 2.57. The Hall–Kier alpha value is -1.62. The Morgan fingerprint density at radius 1 is 0.767 bits per heavy atom. The first-order valence-corrected chi connectivity index (χ1v) is 10.4. The molecule has 2 heterocycles. The Morgan fingerprint density at radius 2 is 1.07 bits per heavy atom. The highest BCUT2D eigenvalue weighted by molar-refractivity contribution is 5.68. The smallest absolute Gasteiger partial charge is 0.410 e. The maximum absolute atomic E-state index is 11.6. The molecule has 0 aromatic heterocycles. The fourth-order valence-electron chi connectivity index (χ4n) is 2.92. The number of piperidine rings is 2. The molecule has 0 spiro atoms. The molecule has 10 nitrogen and oxygen atoms in total. The van der Waals surface area contributed by atoms with E-state index in [1.807, 2.05) is 41.5 Å². The van der Waals surface area contributed by atoms with Gasteiger partial charge in [-0.25, -0.2) is 9.59 Å². The molecule has 0 aromatic rings. The van der Waals surface area contributed by atoms with Gasteiger partial charge in [-0.3, -0.25) is 0 Å². The van der Waals surface area contributed by atoms with Crippen LogP contribution in [0.3, 0.4) is 0 Å². The number of hydrogen-bond donors (Lipinski definition) is 4. The molecule has 0 radical (unpaired) electrons. The van der Waals surface area contributed by atoms with Gasteiger partial charge in [-0.1, -0.05) is 0 Å².